The molecule has 0 aliphatic heterocycles. The molecular formula is C20H25N3O. The van der Waals surface area contributed by atoms with Gasteiger partial charge in [0.05, 0.1) is 17.6 Å². The summed E-state index contributed by atoms with van der Waals surface area (Å²) >= 11 is 0. The average Bonchev–Trinajstić information content (AvgIpc) is 2.94. The number of nitrogens with two attached hydrogens (primary N) is 1. The molecule has 24 heavy (non-hydrogen) atoms. The molecule has 3 aromatic rings. The molecule has 0 bridgehead atoms. The molecule has 0 saturated carbocycles. The SMILES string of the molecule is Cc1ccccc1OCCCCn1c(CCN)nc2ccccc21. The lowest BCUT2D eigenvalue weighted by Gasteiger charge is -2.11. The van der Waals surface area contributed by atoms with Crippen LogP contribution in [0.2, 0.25) is 0 Å². The van der Waals surface area contributed by atoms with Crippen LogP contribution in [-0.4, -0.2) is 22.7 Å². The van der Waals surface area contributed by atoms with Crippen molar-refractivity contribution < 1.29 is 4.74 Å². The first-order chi connectivity index (χ1) is 11.8. The largest absolute Gasteiger partial charge is 0.493 e. The molecule has 0 amide bonds. The predicted octanol–water partition coefficient (Wildman–Crippen LogP) is 3.71. The van der Waals surface area contributed by atoms with E-state index >= 15 is 0 Å². The second-order valence-corrected chi connectivity index (χ2v) is 6.03. The summed E-state index contributed by atoms with van der Waals surface area (Å²) in [7, 11) is 0. The predicted molar refractivity (Wildman–Crippen MR) is 98.4 cm³/mol. The third-order valence-corrected chi connectivity index (χ3v) is 4.23. The molecule has 0 aliphatic rings. The quantitative estimate of drug-likeness (QED) is 0.643. The van der Waals surface area contributed by atoms with Gasteiger partial charge >= 0.3 is 0 Å². The molecule has 1 heterocycles. The minimum atomic E-state index is 0.625. The number of fused-ring (bicyclic) bond motifs is 1. The molecule has 4 nitrogen and oxygen atoms in total. The number of hydrogen-bond donors (Lipinski definition) is 1. The molecule has 3 rings (SSSR count). The van der Waals surface area contributed by atoms with Crippen LogP contribution >= 0.6 is 0 Å². The lowest BCUT2D eigenvalue weighted by atomic mass is 10.2. The van der Waals surface area contributed by atoms with Crippen molar-refractivity contribution >= 4 is 11.0 Å². The fourth-order valence-corrected chi connectivity index (χ4v) is 2.97. The van der Waals surface area contributed by atoms with E-state index in [4.69, 9.17) is 15.5 Å². The Labute approximate surface area is 143 Å². The van der Waals surface area contributed by atoms with E-state index < -0.39 is 0 Å². The number of hydrogen-bond acceptors (Lipinski definition) is 3. The number of benzene rings is 2. The maximum Gasteiger partial charge on any atom is 0.122 e. The average molecular weight is 323 g/mol. The summed E-state index contributed by atoms with van der Waals surface area (Å²) in [6.45, 7) is 4.39. The van der Waals surface area contributed by atoms with Crippen molar-refractivity contribution in [3.05, 3.63) is 59.9 Å². The Balaban J connectivity index is 1.57. The van der Waals surface area contributed by atoms with E-state index in [2.05, 4.69) is 35.8 Å². The lowest BCUT2D eigenvalue weighted by Crippen LogP contribution is -2.11. The molecule has 0 saturated heterocycles. The fourth-order valence-electron chi connectivity index (χ4n) is 2.97. The summed E-state index contributed by atoms with van der Waals surface area (Å²) < 4.78 is 8.18. The van der Waals surface area contributed by atoms with Gasteiger partial charge in [-0.1, -0.05) is 30.3 Å². The minimum Gasteiger partial charge on any atom is -0.493 e. The van der Waals surface area contributed by atoms with Crippen LogP contribution in [0.5, 0.6) is 5.75 Å². The van der Waals surface area contributed by atoms with E-state index in [1.807, 2.05) is 24.3 Å². The minimum absolute atomic E-state index is 0.625. The van der Waals surface area contributed by atoms with Gasteiger partial charge in [-0.3, -0.25) is 0 Å². The summed E-state index contributed by atoms with van der Waals surface area (Å²) in [6, 6.07) is 16.4. The summed E-state index contributed by atoms with van der Waals surface area (Å²) in [5.41, 5.74) is 9.16. The van der Waals surface area contributed by atoms with E-state index in [9.17, 15) is 0 Å². The zero-order chi connectivity index (χ0) is 16.8. The van der Waals surface area contributed by atoms with Crippen LogP contribution in [0, 0.1) is 6.92 Å². The molecule has 0 atom stereocenters. The summed E-state index contributed by atoms with van der Waals surface area (Å²) in [6.07, 6.45) is 2.89. The fraction of sp³-hybridized carbons (Fsp3) is 0.350. The molecule has 0 radical (unpaired) electrons. The van der Waals surface area contributed by atoms with Crippen LogP contribution in [0.4, 0.5) is 0 Å². The van der Waals surface area contributed by atoms with Crippen LogP contribution < -0.4 is 10.5 Å². The van der Waals surface area contributed by atoms with Crippen LogP contribution in [0.3, 0.4) is 0 Å². The molecule has 0 fully saturated rings. The Morgan fingerprint density at radius 3 is 2.67 bits per heavy atom. The van der Waals surface area contributed by atoms with E-state index in [-0.39, 0.29) is 0 Å². The van der Waals surface area contributed by atoms with Gasteiger partial charge in [-0.2, -0.15) is 0 Å². The van der Waals surface area contributed by atoms with E-state index in [0.29, 0.717) is 6.54 Å². The topological polar surface area (TPSA) is 53.1 Å². The number of para-hydroxylation sites is 3. The Hall–Kier alpha value is -2.33. The zero-order valence-electron chi connectivity index (χ0n) is 14.2. The van der Waals surface area contributed by atoms with Crippen molar-refractivity contribution in [3.8, 4) is 5.75 Å². The number of ether oxygens (including phenoxy) is 1. The summed E-state index contributed by atoms with van der Waals surface area (Å²) in [5, 5.41) is 0. The van der Waals surface area contributed by atoms with Crippen molar-refractivity contribution in [2.24, 2.45) is 5.73 Å². The number of nitrogens with zero attached hydrogens (tertiary/aromatic N) is 2. The van der Waals surface area contributed by atoms with Gasteiger partial charge in [-0.25, -0.2) is 4.98 Å². The van der Waals surface area contributed by atoms with E-state index in [1.54, 1.807) is 0 Å². The highest BCUT2D eigenvalue weighted by molar-refractivity contribution is 5.75. The monoisotopic (exact) mass is 323 g/mol. The van der Waals surface area contributed by atoms with Gasteiger partial charge in [-0.05, 0) is 50.1 Å². The number of rotatable bonds is 8. The van der Waals surface area contributed by atoms with Crippen molar-refractivity contribution in [1.29, 1.82) is 0 Å². The second kappa shape index (κ2) is 7.97. The molecule has 0 spiro atoms. The van der Waals surface area contributed by atoms with Gasteiger partial charge in [0.15, 0.2) is 0 Å². The molecule has 2 N–H and O–H groups in total. The van der Waals surface area contributed by atoms with Gasteiger partial charge in [0.25, 0.3) is 0 Å². The highest BCUT2D eigenvalue weighted by Crippen LogP contribution is 2.18. The highest BCUT2D eigenvalue weighted by atomic mass is 16.5. The molecule has 126 valence electrons. The Kier molecular flexibility index (Phi) is 5.49. The Bertz CT molecular complexity index is 794. The maximum absolute atomic E-state index is 5.88. The van der Waals surface area contributed by atoms with Gasteiger partial charge < -0.3 is 15.0 Å². The van der Waals surface area contributed by atoms with Gasteiger partial charge in [-0.15, -0.1) is 0 Å². The standard InChI is InChI=1S/C20H25N3O/c1-16-8-2-5-11-19(16)24-15-7-6-14-23-18-10-4-3-9-17(18)22-20(23)12-13-21/h2-5,8-11H,6-7,12-15,21H2,1H3. The molecular weight excluding hydrogens is 298 g/mol. The third kappa shape index (κ3) is 3.77. The van der Waals surface area contributed by atoms with Crippen molar-refractivity contribution in [3.63, 3.8) is 0 Å². The molecule has 4 heteroatoms. The van der Waals surface area contributed by atoms with Crippen LogP contribution in [-0.2, 0) is 13.0 Å². The van der Waals surface area contributed by atoms with Gasteiger partial charge in [0.2, 0.25) is 0 Å². The van der Waals surface area contributed by atoms with E-state index in [1.165, 1.54) is 11.1 Å². The van der Waals surface area contributed by atoms with Gasteiger partial charge in [0, 0.05) is 13.0 Å². The molecule has 0 aliphatic carbocycles. The third-order valence-electron chi connectivity index (χ3n) is 4.23. The van der Waals surface area contributed by atoms with Crippen LogP contribution in [0.15, 0.2) is 48.5 Å². The molecule has 0 unspecified atom stereocenters. The first kappa shape index (κ1) is 16.5. The van der Waals surface area contributed by atoms with Gasteiger partial charge in [0.1, 0.15) is 11.6 Å². The van der Waals surface area contributed by atoms with Crippen molar-refractivity contribution in [2.75, 3.05) is 13.2 Å². The van der Waals surface area contributed by atoms with Crippen LogP contribution in [0.1, 0.15) is 24.2 Å². The normalized spacial score (nSPS) is 11.1. The van der Waals surface area contributed by atoms with Crippen LogP contribution in [0.25, 0.3) is 11.0 Å². The number of aromatic nitrogens is 2. The van der Waals surface area contributed by atoms with E-state index in [0.717, 1.165) is 49.5 Å². The number of unbranched alkanes of at least 4 members (excludes halogenated alkanes) is 1. The Morgan fingerprint density at radius 1 is 1.04 bits per heavy atom. The summed E-state index contributed by atoms with van der Waals surface area (Å²) in [5.74, 6) is 2.06. The van der Waals surface area contributed by atoms with Crippen molar-refractivity contribution in [1.82, 2.24) is 9.55 Å². The molecule has 1 aromatic heterocycles. The summed E-state index contributed by atoms with van der Waals surface area (Å²) in [4.78, 5) is 4.71. The first-order valence-electron chi connectivity index (χ1n) is 8.62. The maximum atomic E-state index is 5.88. The zero-order valence-corrected chi connectivity index (χ0v) is 14.2. The number of aryl methyl sites for hydroxylation is 2. The second-order valence-electron chi connectivity index (χ2n) is 6.03. The highest BCUT2D eigenvalue weighted by Gasteiger charge is 2.09. The van der Waals surface area contributed by atoms with Crippen molar-refractivity contribution in [2.45, 2.75) is 32.7 Å². The Morgan fingerprint density at radius 2 is 1.83 bits per heavy atom. The lowest BCUT2D eigenvalue weighted by molar-refractivity contribution is 0.301. The number of imidazole rings is 1. The molecule has 2 aromatic carbocycles. The first-order valence-corrected chi connectivity index (χ1v) is 8.62. The smallest absolute Gasteiger partial charge is 0.122 e.